The summed E-state index contributed by atoms with van der Waals surface area (Å²) in [5.74, 6) is 0.694. The Balaban J connectivity index is 1.49. The van der Waals surface area contributed by atoms with Crippen LogP contribution in [0.5, 0.6) is 5.88 Å². The monoisotopic (exact) mass is 424 g/mol. The highest BCUT2D eigenvalue weighted by molar-refractivity contribution is 6.08. The fourth-order valence-electron chi connectivity index (χ4n) is 3.59. The topological polar surface area (TPSA) is 86.3 Å². The van der Waals surface area contributed by atoms with Crippen LogP contribution in [0.25, 0.3) is 16.9 Å². The summed E-state index contributed by atoms with van der Waals surface area (Å²) >= 11 is 0. The van der Waals surface area contributed by atoms with Crippen molar-refractivity contribution < 1.29 is 9.53 Å². The molecule has 0 radical (unpaired) electrons. The van der Waals surface area contributed by atoms with Crippen molar-refractivity contribution in [2.75, 3.05) is 12.4 Å². The molecule has 32 heavy (non-hydrogen) atoms. The molecule has 0 spiro atoms. The number of nitrogens with zero attached hydrogens (tertiary/aromatic N) is 5. The first-order chi connectivity index (χ1) is 15.7. The fraction of sp³-hybridized carbons (Fsp3) is 0.0833. The molecule has 1 amide bonds. The van der Waals surface area contributed by atoms with Gasteiger partial charge in [0, 0.05) is 36.5 Å². The number of fused-ring (bicyclic) bond motifs is 1. The third kappa shape index (κ3) is 3.69. The summed E-state index contributed by atoms with van der Waals surface area (Å²) in [5.41, 5.74) is 3.39. The molecule has 0 aliphatic heterocycles. The van der Waals surface area contributed by atoms with Gasteiger partial charge in [0.25, 0.3) is 5.91 Å². The van der Waals surface area contributed by atoms with Gasteiger partial charge in [-0.2, -0.15) is 0 Å². The van der Waals surface area contributed by atoms with Crippen molar-refractivity contribution in [1.29, 1.82) is 0 Å². The van der Waals surface area contributed by atoms with E-state index >= 15 is 0 Å². The smallest absolute Gasteiger partial charge is 0.276 e. The van der Waals surface area contributed by atoms with E-state index in [9.17, 15) is 4.79 Å². The number of amides is 1. The van der Waals surface area contributed by atoms with E-state index in [0.29, 0.717) is 35.1 Å². The Morgan fingerprint density at radius 1 is 1.00 bits per heavy atom. The summed E-state index contributed by atoms with van der Waals surface area (Å²) in [4.78, 5) is 26.3. The van der Waals surface area contributed by atoms with Gasteiger partial charge >= 0.3 is 0 Å². The van der Waals surface area contributed by atoms with Crippen LogP contribution in [-0.4, -0.2) is 36.9 Å². The number of nitrogens with one attached hydrogen (secondary N) is 1. The molecule has 5 rings (SSSR count). The molecule has 0 bridgehead atoms. The van der Waals surface area contributed by atoms with Gasteiger partial charge in [0.1, 0.15) is 11.5 Å². The van der Waals surface area contributed by atoms with Crippen molar-refractivity contribution in [3.63, 3.8) is 0 Å². The first-order valence-corrected chi connectivity index (χ1v) is 10.1. The number of hydrogen-bond donors (Lipinski definition) is 1. The second-order valence-corrected chi connectivity index (χ2v) is 7.15. The van der Waals surface area contributed by atoms with Crippen molar-refractivity contribution >= 4 is 17.1 Å². The molecule has 5 aromatic heterocycles. The molecule has 0 aromatic carbocycles. The van der Waals surface area contributed by atoms with E-state index in [2.05, 4.69) is 15.3 Å². The van der Waals surface area contributed by atoms with Gasteiger partial charge in [-0.1, -0.05) is 12.1 Å². The highest BCUT2D eigenvalue weighted by Gasteiger charge is 2.20. The summed E-state index contributed by atoms with van der Waals surface area (Å²) in [7, 11) is 1.51. The van der Waals surface area contributed by atoms with E-state index in [1.807, 2.05) is 70.0 Å². The first kappa shape index (κ1) is 19.5. The predicted octanol–water partition coefficient (Wildman–Crippen LogP) is 3.90. The molecule has 1 N–H and O–H groups in total. The zero-order valence-corrected chi connectivity index (χ0v) is 17.3. The van der Waals surface area contributed by atoms with E-state index in [1.54, 1.807) is 24.5 Å². The lowest BCUT2D eigenvalue weighted by atomic mass is 10.3. The Morgan fingerprint density at radius 2 is 1.88 bits per heavy atom. The lowest BCUT2D eigenvalue weighted by Crippen LogP contribution is -2.14. The highest BCUT2D eigenvalue weighted by atomic mass is 16.5. The number of rotatable bonds is 6. The van der Waals surface area contributed by atoms with E-state index < -0.39 is 0 Å². The molecule has 0 fully saturated rings. The zero-order chi connectivity index (χ0) is 21.9. The molecule has 8 heteroatoms. The lowest BCUT2D eigenvalue weighted by Gasteiger charge is -2.07. The summed E-state index contributed by atoms with van der Waals surface area (Å²) in [6.45, 7) is 0.651. The third-order valence-corrected chi connectivity index (χ3v) is 5.06. The Kier molecular flexibility index (Phi) is 5.09. The number of methoxy groups -OCH3 is 1. The normalized spacial score (nSPS) is 10.9. The minimum Gasteiger partial charge on any atom is -0.480 e. The number of anilines is 1. The minimum atomic E-state index is -0.334. The number of carbonyl (C=O) groups excluding carboxylic acids is 1. The second kappa shape index (κ2) is 8.35. The van der Waals surface area contributed by atoms with Crippen LogP contribution in [0.4, 0.5) is 5.69 Å². The average molecular weight is 424 g/mol. The van der Waals surface area contributed by atoms with Crippen LogP contribution in [0.1, 0.15) is 16.2 Å². The summed E-state index contributed by atoms with van der Waals surface area (Å²) in [5, 5.41) is 2.86. The molecule has 5 aromatic rings. The van der Waals surface area contributed by atoms with Crippen molar-refractivity contribution in [3.05, 3.63) is 97.0 Å². The Hall–Kier alpha value is -4.46. The summed E-state index contributed by atoms with van der Waals surface area (Å²) < 4.78 is 9.19. The predicted molar refractivity (Wildman–Crippen MR) is 121 cm³/mol. The molecule has 0 aliphatic carbocycles. The molecule has 5 heterocycles. The zero-order valence-electron chi connectivity index (χ0n) is 17.3. The first-order valence-electron chi connectivity index (χ1n) is 10.1. The molecule has 0 unspecified atom stereocenters. The highest BCUT2D eigenvalue weighted by Crippen LogP contribution is 2.26. The van der Waals surface area contributed by atoms with Crippen LogP contribution in [0.2, 0.25) is 0 Å². The van der Waals surface area contributed by atoms with Crippen LogP contribution < -0.4 is 10.1 Å². The standard InChI is InChI=1S/C24H20N6O2/c1-32-24-19(8-6-12-26-24)27-23(31)21-20-9-3-5-13-30(20)22(28-21)17-10-14-29(15-17)16-18-7-2-4-11-25-18/h2-15H,16H2,1H3,(H,27,31). The van der Waals surface area contributed by atoms with E-state index in [1.165, 1.54) is 7.11 Å². The largest absolute Gasteiger partial charge is 0.480 e. The minimum absolute atomic E-state index is 0.323. The maximum atomic E-state index is 13.1. The van der Waals surface area contributed by atoms with Gasteiger partial charge < -0.3 is 14.6 Å². The van der Waals surface area contributed by atoms with E-state index in [4.69, 9.17) is 9.72 Å². The number of carbonyl (C=O) groups is 1. The number of aromatic nitrogens is 5. The van der Waals surface area contributed by atoms with E-state index in [-0.39, 0.29) is 5.91 Å². The average Bonchev–Trinajstić information content (AvgIpc) is 3.45. The van der Waals surface area contributed by atoms with Gasteiger partial charge in [-0.15, -0.1) is 0 Å². The summed E-state index contributed by atoms with van der Waals surface area (Å²) in [6, 6.07) is 17.0. The van der Waals surface area contributed by atoms with E-state index in [0.717, 1.165) is 11.3 Å². The van der Waals surface area contributed by atoms with Crippen LogP contribution in [0.15, 0.2) is 85.6 Å². The summed E-state index contributed by atoms with van der Waals surface area (Å²) in [6.07, 6.45) is 9.27. The van der Waals surface area contributed by atoms with Crippen molar-refractivity contribution in [3.8, 4) is 17.3 Å². The molecule has 0 saturated heterocycles. The van der Waals surface area contributed by atoms with Crippen LogP contribution >= 0.6 is 0 Å². The van der Waals surface area contributed by atoms with Crippen LogP contribution in [-0.2, 0) is 6.54 Å². The quantitative estimate of drug-likeness (QED) is 0.447. The molecule has 0 saturated carbocycles. The van der Waals surface area contributed by atoms with Gasteiger partial charge in [-0.05, 0) is 42.5 Å². The molecule has 0 aliphatic rings. The van der Waals surface area contributed by atoms with Crippen LogP contribution in [0.3, 0.4) is 0 Å². The number of ether oxygens (including phenoxy) is 1. The van der Waals surface area contributed by atoms with Gasteiger partial charge in [0.05, 0.1) is 24.9 Å². The fourth-order valence-corrected chi connectivity index (χ4v) is 3.59. The van der Waals surface area contributed by atoms with Crippen molar-refractivity contribution in [1.82, 2.24) is 23.9 Å². The third-order valence-electron chi connectivity index (χ3n) is 5.06. The molecular weight excluding hydrogens is 404 g/mol. The molecule has 0 atom stereocenters. The molecule has 8 nitrogen and oxygen atoms in total. The molecular formula is C24H20N6O2. The number of imidazole rings is 1. The lowest BCUT2D eigenvalue weighted by molar-refractivity contribution is 0.102. The van der Waals surface area contributed by atoms with Gasteiger partial charge in [-0.3, -0.25) is 14.2 Å². The van der Waals surface area contributed by atoms with Crippen molar-refractivity contribution in [2.45, 2.75) is 6.54 Å². The molecule has 158 valence electrons. The van der Waals surface area contributed by atoms with Gasteiger partial charge in [0.2, 0.25) is 5.88 Å². The van der Waals surface area contributed by atoms with Crippen molar-refractivity contribution in [2.24, 2.45) is 0 Å². The van der Waals surface area contributed by atoms with Gasteiger partial charge in [-0.25, -0.2) is 9.97 Å². The van der Waals surface area contributed by atoms with Gasteiger partial charge in [0.15, 0.2) is 5.69 Å². The SMILES string of the molecule is COc1ncccc1NC(=O)c1nc(-c2ccn(Cc3ccccn3)c2)n2ccccc12. The Bertz CT molecular complexity index is 1390. The Morgan fingerprint density at radius 3 is 2.72 bits per heavy atom. The maximum absolute atomic E-state index is 13.1. The maximum Gasteiger partial charge on any atom is 0.276 e. The second-order valence-electron chi connectivity index (χ2n) is 7.15. The van der Waals surface area contributed by atoms with Crippen LogP contribution in [0, 0.1) is 0 Å². The Labute approximate surface area is 184 Å². The number of pyridine rings is 3. The number of hydrogen-bond acceptors (Lipinski definition) is 5.